The van der Waals surface area contributed by atoms with Gasteiger partial charge in [0.25, 0.3) is 0 Å². The highest BCUT2D eigenvalue weighted by Gasteiger charge is 2.08. The third-order valence-corrected chi connectivity index (χ3v) is 1.42. The number of carbonyl (C=O) groups excluding carboxylic acids is 1. The molecule has 2 heteroatoms. The first-order chi connectivity index (χ1) is 4.22. The topological polar surface area (TPSA) is 40.9 Å². The predicted octanol–water partition coefficient (Wildman–Crippen LogP) is 1.52. The van der Waals surface area contributed by atoms with E-state index in [-0.39, 0.29) is 18.1 Å². The Kier molecular flexibility index (Phi) is 3.70. The Morgan fingerprint density at radius 2 is 2.33 bits per heavy atom. The molecule has 0 aromatic rings. The van der Waals surface area contributed by atoms with Gasteiger partial charge in [0, 0.05) is 5.92 Å². The zero-order valence-corrected chi connectivity index (χ0v) is 5.85. The van der Waals surface area contributed by atoms with Gasteiger partial charge in [-0.05, 0) is 6.42 Å². The summed E-state index contributed by atoms with van der Waals surface area (Å²) in [5.74, 6) is 0.115. The molecule has 0 aliphatic carbocycles. The van der Waals surface area contributed by atoms with Crippen LogP contribution in [0.25, 0.3) is 0 Å². The van der Waals surface area contributed by atoms with Crippen molar-refractivity contribution in [2.24, 2.45) is 5.92 Å². The minimum absolute atomic E-state index is 0.0556. The van der Waals surface area contributed by atoms with Crippen LogP contribution in [0.1, 0.15) is 26.7 Å². The molecule has 0 bridgehead atoms. The summed E-state index contributed by atoms with van der Waals surface area (Å²) in [6.07, 6.45) is 0.898. The van der Waals surface area contributed by atoms with Crippen molar-refractivity contribution in [3.05, 3.63) is 0 Å². The van der Waals surface area contributed by atoms with E-state index in [0.717, 1.165) is 6.42 Å². The first-order valence-electron chi connectivity index (χ1n) is 3.12. The van der Waals surface area contributed by atoms with Gasteiger partial charge in [0.15, 0.2) is 0 Å². The highest BCUT2D eigenvalue weighted by atomic mass is 16.1. The predicted molar refractivity (Wildman–Crippen MR) is 34.7 cm³/mol. The first-order valence-corrected chi connectivity index (χ1v) is 3.12. The maximum absolute atomic E-state index is 10.8. The van der Waals surface area contributed by atoms with E-state index in [1.807, 2.05) is 19.9 Å². The lowest BCUT2D eigenvalue weighted by Gasteiger charge is -2.00. The van der Waals surface area contributed by atoms with Crippen LogP contribution in [0, 0.1) is 17.2 Å². The molecular weight excluding hydrogens is 114 g/mol. The molecule has 0 N–H and O–H groups in total. The summed E-state index contributed by atoms with van der Waals surface area (Å²) >= 11 is 0. The number of Topliss-reactive ketones (excluding diaryl/α,β-unsaturated/α-hetero) is 1. The van der Waals surface area contributed by atoms with Gasteiger partial charge in [-0.3, -0.25) is 4.79 Å². The van der Waals surface area contributed by atoms with Gasteiger partial charge in [-0.1, -0.05) is 13.8 Å². The SMILES string of the molecule is CC[C@H](C)C(=O)CC#N. The Hall–Kier alpha value is -0.840. The van der Waals surface area contributed by atoms with E-state index >= 15 is 0 Å². The summed E-state index contributed by atoms with van der Waals surface area (Å²) in [6, 6.07) is 1.83. The van der Waals surface area contributed by atoms with Crippen molar-refractivity contribution in [3.8, 4) is 6.07 Å². The molecule has 0 heterocycles. The summed E-state index contributed by atoms with van der Waals surface area (Å²) in [6.45, 7) is 3.79. The fourth-order valence-electron chi connectivity index (χ4n) is 0.480. The van der Waals surface area contributed by atoms with E-state index in [1.54, 1.807) is 0 Å². The Morgan fingerprint density at radius 3 is 2.67 bits per heavy atom. The average Bonchev–Trinajstić information content (AvgIpc) is 1.87. The molecule has 1 atom stereocenters. The van der Waals surface area contributed by atoms with Gasteiger partial charge in [-0.2, -0.15) is 5.26 Å². The van der Waals surface area contributed by atoms with Crippen LogP contribution in [0.5, 0.6) is 0 Å². The van der Waals surface area contributed by atoms with Crippen LogP contribution >= 0.6 is 0 Å². The third kappa shape index (κ3) is 2.86. The molecule has 2 nitrogen and oxygen atoms in total. The van der Waals surface area contributed by atoms with E-state index < -0.39 is 0 Å². The van der Waals surface area contributed by atoms with E-state index in [1.165, 1.54) is 0 Å². The van der Waals surface area contributed by atoms with Crippen LogP contribution in [0.3, 0.4) is 0 Å². The molecule has 0 amide bonds. The normalized spacial score (nSPS) is 12.1. The van der Waals surface area contributed by atoms with E-state index in [0.29, 0.717) is 0 Å². The van der Waals surface area contributed by atoms with Crippen molar-refractivity contribution in [1.29, 1.82) is 5.26 Å². The minimum Gasteiger partial charge on any atom is -0.298 e. The lowest BCUT2D eigenvalue weighted by molar-refractivity contribution is -0.121. The van der Waals surface area contributed by atoms with Crippen molar-refractivity contribution in [2.75, 3.05) is 0 Å². The van der Waals surface area contributed by atoms with Crippen molar-refractivity contribution < 1.29 is 4.79 Å². The lowest BCUT2D eigenvalue weighted by atomic mass is 10.0. The Bertz CT molecular complexity index is 134. The summed E-state index contributed by atoms with van der Waals surface area (Å²) in [7, 11) is 0. The number of rotatable bonds is 3. The average molecular weight is 125 g/mol. The second kappa shape index (κ2) is 4.08. The summed E-state index contributed by atoms with van der Waals surface area (Å²) in [4.78, 5) is 10.8. The third-order valence-electron chi connectivity index (χ3n) is 1.42. The first kappa shape index (κ1) is 8.16. The number of nitriles is 1. The minimum atomic E-state index is 0.0556. The summed E-state index contributed by atoms with van der Waals surface area (Å²) in [5, 5.41) is 8.11. The molecule has 9 heavy (non-hydrogen) atoms. The van der Waals surface area contributed by atoms with Crippen LogP contribution in [0.15, 0.2) is 0 Å². The van der Waals surface area contributed by atoms with Gasteiger partial charge in [0.2, 0.25) is 0 Å². The van der Waals surface area contributed by atoms with E-state index in [4.69, 9.17) is 5.26 Å². The van der Waals surface area contributed by atoms with Gasteiger partial charge < -0.3 is 0 Å². The van der Waals surface area contributed by atoms with E-state index in [2.05, 4.69) is 0 Å². The number of hydrogen-bond donors (Lipinski definition) is 0. The van der Waals surface area contributed by atoms with Crippen LogP contribution in [-0.4, -0.2) is 5.78 Å². The van der Waals surface area contributed by atoms with Crippen molar-refractivity contribution in [2.45, 2.75) is 26.7 Å². The highest BCUT2D eigenvalue weighted by molar-refractivity contribution is 5.82. The van der Waals surface area contributed by atoms with E-state index in [9.17, 15) is 4.79 Å². The van der Waals surface area contributed by atoms with Gasteiger partial charge in [-0.15, -0.1) is 0 Å². The molecule has 0 saturated heterocycles. The highest BCUT2D eigenvalue weighted by Crippen LogP contribution is 2.03. The molecule has 0 unspecified atom stereocenters. The maximum atomic E-state index is 10.8. The molecule has 0 aromatic heterocycles. The quantitative estimate of drug-likeness (QED) is 0.573. The van der Waals surface area contributed by atoms with Gasteiger partial charge in [0.1, 0.15) is 5.78 Å². The molecule has 0 aromatic carbocycles. The second-order valence-corrected chi connectivity index (χ2v) is 2.11. The molecule has 0 aliphatic rings. The monoisotopic (exact) mass is 125 g/mol. The van der Waals surface area contributed by atoms with Crippen molar-refractivity contribution in [3.63, 3.8) is 0 Å². The largest absolute Gasteiger partial charge is 0.298 e. The number of ketones is 1. The van der Waals surface area contributed by atoms with Crippen molar-refractivity contribution in [1.82, 2.24) is 0 Å². The van der Waals surface area contributed by atoms with Gasteiger partial charge >= 0.3 is 0 Å². The lowest BCUT2D eigenvalue weighted by Crippen LogP contribution is -2.07. The molecule has 0 fully saturated rings. The van der Waals surface area contributed by atoms with Gasteiger partial charge in [-0.25, -0.2) is 0 Å². The fraction of sp³-hybridized carbons (Fsp3) is 0.714. The zero-order chi connectivity index (χ0) is 7.28. The van der Waals surface area contributed by atoms with Crippen LogP contribution in [0.2, 0.25) is 0 Å². The number of carbonyl (C=O) groups is 1. The summed E-state index contributed by atoms with van der Waals surface area (Å²) in [5.41, 5.74) is 0. The molecule has 0 radical (unpaired) electrons. The summed E-state index contributed by atoms with van der Waals surface area (Å²) < 4.78 is 0. The Morgan fingerprint density at radius 1 is 1.78 bits per heavy atom. The fourth-order valence-corrected chi connectivity index (χ4v) is 0.480. The molecule has 0 saturated carbocycles. The Labute approximate surface area is 55.5 Å². The smallest absolute Gasteiger partial charge is 0.149 e. The zero-order valence-electron chi connectivity index (χ0n) is 5.85. The van der Waals surface area contributed by atoms with Crippen LogP contribution in [-0.2, 0) is 4.79 Å². The standard InChI is InChI=1S/C7H11NO/c1-3-6(2)7(9)4-5-8/h6H,3-4H2,1-2H3/t6-/m0/s1. The van der Waals surface area contributed by atoms with Crippen molar-refractivity contribution >= 4 is 5.78 Å². The van der Waals surface area contributed by atoms with Gasteiger partial charge in [0.05, 0.1) is 12.5 Å². The Balaban J connectivity index is 3.62. The number of hydrogen-bond acceptors (Lipinski definition) is 2. The van der Waals surface area contributed by atoms with Crippen LogP contribution in [0.4, 0.5) is 0 Å². The molecular formula is C7H11NO. The molecule has 50 valence electrons. The molecule has 0 rings (SSSR count). The second-order valence-electron chi connectivity index (χ2n) is 2.11. The number of nitrogens with zero attached hydrogens (tertiary/aromatic N) is 1. The maximum Gasteiger partial charge on any atom is 0.149 e. The molecule has 0 aliphatic heterocycles. The molecule has 0 spiro atoms. The van der Waals surface area contributed by atoms with Crippen LogP contribution < -0.4 is 0 Å².